The van der Waals surface area contributed by atoms with Crippen LogP contribution in [0.1, 0.15) is 16.2 Å². The second kappa shape index (κ2) is 2.78. The third-order valence-electron chi connectivity index (χ3n) is 1.08. The van der Waals surface area contributed by atoms with E-state index in [0.29, 0.717) is 6.07 Å². The number of aromatic amines is 1. The molecular weight excluding hydrogens is 197 g/mol. The summed E-state index contributed by atoms with van der Waals surface area (Å²) in [6.07, 6.45) is -4.55. The molecule has 0 amide bonds. The SMILES string of the molecule is O=C(Cl)c1cc(C(F)(F)F)n[nH]1. The molecule has 1 aromatic heterocycles. The molecule has 66 valence electrons. The van der Waals surface area contributed by atoms with Crippen LogP contribution in [0, 0.1) is 0 Å². The summed E-state index contributed by atoms with van der Waals surface area (Å²) in [6.45, 7) is 0. The van der Waals surface area contributed by atoms with Gasteiger partial charge in [0.25, 0.3) is 5.24 Å². The normalized spacial score (nSPS) is 11.7. The number of nitrogens with one attached hydrogen (secondary N) is 1. The van der Waals surface area contributed by atoms with Gasteiger partial charge in [-0.1, -0.05) is 0 Å². The smallest absolute Gasteiger partial charge is 0.274 e. The number of hydrogen-bond acceptors (Lipinski definition) is 2. The first-order valence-electron chi connectivity index (χ1n) is 2.73. The van der Waals surface area contributed by atoms with Gasteiger partial charge in [0.1, 0.15) is 5.69 Å². The third-order valence-corrected chi connectivity index (χ3v) is 1.28. The number of nitrogens with zero attached hydrogens (tertiary/aromatic N) is 1. The van der Waals surface area contributed by atoms with Gasteiger partial charge in [-0.05, 0) is 11.6 Å². The second-order valence-corrected chi connectivity index (χ2v) is 2.28. The van der Waals surface area contributed by atoms with Gasteiger partial charge in [0, 0.05) is 6.07 Å². The fourth-order valence-corrected chi connectivity index (χ4v) is 0.664. The predicted octanol–water partition coefficient (Wildman–Crippen LogP) is 1.81. The Morgan fingerprint density at radius 3 is 2.42 bits per heavy atom. The predicted molar refractivity (Wildman–Crippen MR) is 33.8 cm³/mol. The minimum atomic E-state index is -4.55. The molecule has 0 saturated carbocycles. The molecule has 0 fully saturated rings. The molecule has 1 N–H and O–H groups in total. The minimum absolute atomic E-state index is 0.371. The van der Waals surface area contributed by atoms with Crippen LogP contribution in [0.4, 0.5) is 13.2 Å². The van der Waals surface area contributed by atoms with Crippen molar-refractivity contribution in [3.05, 3.63) is 17.5 Å². The van der Waals surface area contributed by atoms with Crippen molar-refractivity contribution in [2.24, 2.45) is 0 Å². The van der Waals surface area contributed by atoms with Crippen molar-refractivity contribution in [2.75, 3.05) is 0 Å². The molecule has 0 bridgehead atoms. The number of rotatable bonds is 1. The van der Waals surface area contributed by atoms with Gasteiger partial charge < -0.3 is 0 Å². The fourth-order valence-electron chi connectivity index (χ4n) is 0.568. The van der Waals surface area contributed by atoms with Crippen LogP contribution in [-0.2, 0) is 6.18 Å². The molecule has 1 aromatic rings. The standard InChI is InChI=1S/C5H2ClF3N2O/c6-4(12)2-1-3(11-10-2)5(7,8)9/h1H,(H,10,11). The van der Waals surface area contributed by atoms with E-state index < -0.39 is 17.1 Å². The van der Waals surface area contributed by atoms with Crippen LogP contribution in [0.15, 0.2) is 6.07 Å². The fraction of sp³-hybridized carbons (Fsp3) is 0.200. The summed E-state index contributed by atoms with van der Waals surface area (Å²) in [5.41, 5.74) is -1.53. The maximum absolute atomic E-state index is 11.8. The van der Waals surface area contributed by atoms with Crippen LogP contribution >= 0.6 is 11.6 Å². The number of carbonyl (C=O) groups excluding carboxylic acids is 1. The van der Waals surface area contributed by atoms with Gasteiger partial charge in [0.2, 0.25) is 0 Å². The van der Waals surface area contributed by atoms with Crippen LogP contribution < -0.4 is 0 Å². The van der Waals surface area contributed by atoms with Crippen molar-refractivity contribution in [2.45, 2.75) is 6.18 Å². The highest BCUT2D eigenvalue weighted by Gasteiger charge is 2.34. The topological polar surface area (TPSA) is 45.8 Å². The molecule has 3 nitrogen and oxygen atoms in total. The minimum Gasteiger partial charge on any atom is -0.274 e. The molecule has 0 atom stereocenters. The van der Waals surface area contributed by atoms with E-state index >= 15 is 0 Å². The average Bonchev–Trinajstić information content (AvgIpc) is 2.30. The number of H-pyrrole nitrogens is 1. The molecule has 0 spiro atoms. The molecular formula is C5H2ClF3N2O. The summed E-state index contributed by atoms with van der Waals surface area (Å²) in [4.78, 5) is 10.3. The van der Waals surface area contributed by atoms with Crippen LogP contribution in [0.25, 0.3) is 0 Å². The average molecular weight is 199 g/mol. The van der Waals surface area contributed by atoms with Crippen molar-refractivity contribution in [1.82, 2.24) is 10.2 Å². The Bertz CT molecular complexity index is 306. The first-order chi connectivity index (χ1) is 5.41. The third kappa shape index (κ3) is 1.76. The molecule has 0 aliphatic carbocycles. The van der Waals surface area contributed by atoms with Gasteiger partial charge in [-0.15, -0.1) is 0 Å². The Morgan fingerprint density at radius 2 is 2.17 bits per heavy atom. The van der Waals surface area contributed by atoms with Gasteiger partial charge >= 0.3 is 6.18 Å². The van der Waals surface area contributed by atoms with Gasteiger partial charge in [0.05, 0.1) is 0 Å². The summed E-state index contributed by atoms with van der Waals surface area (Å²) >= 11 is 4.89. The molecule has 1 heterocycles. The zero-order chi connectivity index (χ0) is 9.35. The Balaban J connectivity index is 3.00. The largest absolute Gasteiger partial charge is 0.435 e. The number of hydrogen-bond donors (Lipinski definition) is 1. The summed E-state index contributed by atoms with van der Waals surface area (Å²) < 4.78 is 35.5. The zero-order valence-electron chi connectivity index (χ0n) is 5.44. The monoisotopic (exact) mass is 198 g/mol. The van der Waals surface area contributed by atoms with Crippen molar-refractivity contribution in [1.29, 1.82) is 0 Å². The lowest BCUT2D eigenvalue weighted by Gasteiger charge is -1.98. The first kappa shape index (κ1) is 9.05. The van der Waals surface area contributed by atoms with Crippen molar-refractivity contribution in [3.63, 3.8) is 0 Å². The van der Waals surface area contributed by atoms with Crippen LogP contribution in [0.5, 0.6) is 0 Å². The highest BCUT2D eigenvalue weighted by Crippen LogP contribution is 2.27. The maximum atomic E-state index is 11.8. The molecule has 1 rings (SSSR count). The van der Waals surface area contributed by atoms with E-state index in [1.165, 1.54) is 0 Å². The molecule has 0 saturated heterocycles. The quantitative estimate of drug-likeness (QED) is 0.700. The first-order valence-corrected chi connectivity index (χ1v) is 3.11. The number of halogens is 4. The van der Waals surface area contributed by atoms with Crippen molar-refractivity contribution >= 4 is 16.8 Å². The number of alkyl halides is 3. The Kier molecular flexibility index (Phi) is 2.10. The van der Waals surface area contributed by atoms with Gasteiger partial charge in [-0.25, -0.2) is 0 Å². The van der Waals surface area contributed by atoms with Gasteiger partial charge in [-0.3, -0.25) is 9.89 Å². The lowest BCUT2D eigenvalue weighted by molar-refractivity contribution is -0.141. The van der Waals surface area contributed by atoms with E-state index in [0.717, 1.165) is 0 Å². The van der Waals surface area contributed by atoms with E-state index in [9.17, 15) is 18.0 Å². The lowest BCUT2D eigenvalue weighted by Crippen LogP contribution is -2.04. The summed E-state index contributed by atoms with van der Waals surface area (Å²) in [6, 6.07) is 0.551. The van der Waals surface area contributed by atoms with Gasteiger partial charge in [0.15, 0.2) is 5.69 Å². The second-order valence-electron chi connectivity index (χ2n) is 1.94. The van der Waals surface area contributed by atoms with Crippen LogP contribution in [0.2, 0.25) is 0 Å². The molecule has 7 heteroatoms. The van der Waals surface area contributed by atoms with Crippen molar-refractivity contribution in [3.8, 4) is 0 Å². The Morgan fingerprint density at radius 1 is 1.58 bits per heavy atom. The zero-order valence-corrected chi connectivity index (χ0v) is 6.20. The van der Waals surface area contributed by atoms with Crippen molar-refractivity contribution < 1.29 is 18.0 Å². The van der Waals surface area contributed by atoms with E-state index in [1.54, 1.807) is 0 Å². The summed E-state index contributed by atoms with van der Waals surface area (Å²) in [7, 11) is 0. The van der Waals surface area contributed by atoms with E-state index in [-0.39, 0.29) is 5.69 Å². The highest BCUT2D eigenvalue weighted by atomic mass is 35.5. The van der Waals surface area contributed by atoms with E-state index in [4.69, 9.17) is 11.6 Å². The van der Waals surface area contributed by atoms with Crippen LogP contribution in [0.3, 0.4) is 0 Å². The molecule has 0 aliphatic rings. The molecule has 0 aromatic carbocycles. The van der Waals surface area contributed by atoms with Crippen LogP contribution in [-0.4, -0.2) is 15.4 Å². The highest BCUT2D eigenvalue weighted by molar-refractivity contribution is 6.67. The van der Waals surface area contributed by atoms with Gasteiger partial charge in [-0.2, -0.15) is 18.3 Å². The Labute approximate surface area is 69.5 Å². The molecule has 0 aliphatic heterocycles. The summed E-state index contributed by atoms with van der Waals surface area (Å²) in [5.74, 6) is 0. The Hall–Kier alpha value is -1.04. The molecule has 0 unspecified atom stereocenters. The molecule has 0 radical (unpaired) electrons. The molecule has 12 heavy (non-hydrogen) atoms. The number of aromatic nitrogens is 2. The lowest BCUT2D eigenvalue weighted by atomic mass is 10.4. The maximum Gasteiger partial charge on any atom is 0.435 e. The summed E-state index contributed by atoms with van der Waals surface area (Å²) in [5, 5.41) is 3.71. The van der Waals surface area contributed by atoms with E-state index in [2.05, 4.69) is 5.10 Å². The van der Waals surface area contributed by atoms with E-state index in [1.807, 2.05) is 5.10 Å². The number of carbonyl (C=O) groups is 1.